The van der Waals surface area contributed by atoms with Gasteiger partial charge in [-0.3, -0.25) is 0 Å². The van der Waals surface area contributed by atoms with Crippen LogP contribution in [0.2, 0.25) is 0 Å². The number of anilines is 1. The molecule has 0 radical (unpaired) electrons. The molecule has 166 valence electrons. The Balaban J connectivity index is 1.89. The number of nitrogens with one attached hydrogen (secondary N) is 1. The van der Waals surface area contributed by atoms with Gasteiger partial charge in [-0.2, -0.15) is 9.61 Å². The molecule has 0 saturated heterocycles. The summed E-state index contributed by atoms with van der Waals surface area (Å²) >= 11 is 0. The van der Waals surface area contributed by atoms with Gasteiger partial charge in [-0.05, 0) is 62.8 Å². The molecule has 0 bridgehead atoms. The number of ether oxygens (including phenoxy) is 3. The summed E-state index contributed by atoms with van der Waals surface area (Å²) in [6.45, 7) is 6.27. The maximum atomic E-state index is 5.55. The Morgan fingerprint density at radius 1 is 1.13 bits per heavy atom. The zero-order valence-corrected chi connectivity index (χ0v) is 19.3. The lowest BCUT2D eigenvalue weighted by Gasteiger charge is -2.26. The van der Waals surface area contributed by atoms with E-state index in [0.717, 1.165) is 71.0 Å². The van der Waals surface area contributed by atoms with Crippen molar-refractivity contribution in [2.45, 2.75) is 58.8 Å². The maximum Gasteiger partial charge on any atom is 0.176 e. The van der Waals surface area contributed by atoms with Crippen molar-refractivity contribution in [2.24, 2.45) is 0 Å². The summed E-state index contributed by atoms with van der Waals surface area (Å²) in [5, 5.41) is 8.62. The van der Waals surface area contributed by atoms with Crippen molar-refractivity contribution in [1.29, 1.82) is 0 Å². The van der Waals surface area contributed by atoms with Crippen molar-refractivity contribution in [3.8, 4) is 16.9 Å². The molecule has 2 aromatic heterocycles. The van der Waals surface area contributed by atoms with Crippen LogP contribution >= 0.6 is 0 Å². The van der Waals surface area contributed by atoms with E-state index in [1.807, 2.05) is 17.5 Å². The normalized spacial score (nSPS) is 14.3. The van der Waals surface area contributed by atoms with E-state index in [1.54, 1.807) is 21.3 Å². The highest BCUT2D eigenvalue weighted by molar-refractivity contribution is 5.83. The van der Waals surface area contributed by atoms with Gasteiger partial charge in [-0.25, -0.2) is 4.98 Å². The first kappa shape index (κ1) is 21.6. The predicted octanol–water partition coefficient (Wildman–Crippen LogP) is 4.32. The van der Waals surface area contributed by atoms with Crippen LogP contribution in [0.3, 0.4) is 0 Å². The lowest BCUT2D eigenvalue weighted by molar-refractivity contribution is -0.112. The van der Waals surface area contributed by atoms with Crippen LogP contribution in [-0.2, 0) is 22.3 Å². The number of fused-ring (bicyclic) bond motifs is 2. The molecule has 4 rings (SSSR count). The summed E-state index contributed by atoms with van der Waals surface area (Å²) in [7, 11) is 5.04. The van der Waals surface area contributed by atoms with E-state index in [1.165, 1.54) is 5.56 Å². The molecule has 1 aliphatic rings. The fraction of sp³-hybridized carbons (Fsp3) is 0.500. The minimum absolute atomic E-state index is 0.000906. The molecule has 0 amide bonds. The van der Waals surface area contributed by atoms with E-state index in [4.69, 9.17) is 24.3 Å². The van der Waals surface area contributed by atoms with E-state index >= 15 is 0 Å². The molecule has 0 fully saturated rings. The SMILES string of the molecule is CC[C@H](Nc1c2c(nc3c(-c4ccc(OC)cc4C)c(C)nn13)CCC2)C(OC)OC. The van der Waals surface area contributed by atoms with Gasteiger partial charge >= 0.3 is 0 Å². The fourth-order valence-electron chi connectivity index (χ4n) is 4.61. The molecule has 0 spiro atoms. The Morgan fingerprint density at radius 3 is 2.55 bits per heavy atom. The minimum Gasteiger partial charge on any atom is -0.497 e. The van der Waals surface area contributed by atoms with E-state index in [0.29, 0.717) is 0 Å². The Kier molecular flexibility index (Phi) is 6.16. The standard InChI is InChI=1S/C24H32N4O3/c1-7-19(24(30-5)31-6)25-22-18-9-8-10-20(18)26-23-21(15(3)27-28(22)23)17-12-11-16(29-4)13-14(17)2/h11-13,19,24-25H,7-10H2,1-6H3/t19-/m0/s1. The van der Waals surface area contributed by atoms with Crippen molar-refractivity contribution in [3.05, 3.63) is 40.7 Å². The van der Waals surface area contributed by atoms with Crippen molar-refractivity contribution in [1.82, 2.24) is 14.6 Å². The molecule has 0 saturated carbocycles. The van der Waals surface area contributed by atoms with Crippen LogP contribution in [0.1, 0.15) is 42.3 Å². The summed E-state index contributed by atoms with van der Waals surface area (Å²) in [5.41, 5.74) is 7.58. The second kappa shape index (κ2) is 8.85. The van der Waals surface area contributed by atoms with Gasteiger partial charge in [0, 0.05) is 31.0 Å². The molecular weight excluding hydrogens is 392 g/mol. The van der Waals surface area contributed by atoms with Crippen molar-refractivity contribution >= 4 is 11.5 Å². The highest BCUT2D eigenvalue weighted by Crippen LogP contribution is 2.36. The van der Waals surface area contributed by atoms with Crippen LogP contribution in [0.4, 0.5) is 5.82 Å². The van der Waals surface area contributed by atoms with Crippen LogP contribution in [0.25, 0.3) is 16.8 Å². The Hall–Kier alpha value is -2.64. The minimum atomic E-state index is -0.342. The fourth-order valence-corrected chi connectivity index (χ4v) is 4.61. The zero-order chi connectivity index (χ0) is 22.1. The average molecular weight is 425 g/mol. The van der Waals surface area contributed by atoms with Crippen LogP contribution < -0.4 is 10.1 Å². The average Bonchev–Trinajstić information content (AvgIpc) is 3.37. The second-order valence-electron chi connectivity index (χ2n) is 8.11. The van der Waals surface area contributed by atoms with E-state index in [9.17, 15) is 0 Å². The van der Waals surface area contributed by atoms with E-state index < -0.39 is 0 Å². The summed E-state index contributed by atoms with van der Waals surface area (Å²) in [6, 6.07) is 6.15. The highest BCUT2D eigenvalue weighted by atomic mass is 16.7. The number of aryl methyl sites for hydroxylation is 3. The summed E-state index contributed by atoms with van der Waals surface area (Å²) in [6.07, 6.45) is 3.60. The molecule has 1 atom stereocenters. The molecular formula is C24H32N4O3. The van der Waals surface area contributed by atoms with Gasteiger partial charge in [0.25, 0.3) is 0 Å². The number of nitrogens with zero attached hydrogens (tertiary/aromatic N) is 3. The molecule has 2 heterocycles. The van der Waals surface area contributed by atoms with Crippen molar-refractivity contribution in [3.63, 3.8) is 0 Å². The largest absolute Gasteiger partial charge is 0.497 e. The van der Waals surface area contributed by atoms with Crippen LogP contribution in [0.15, 0.2) is 18.2 Å². The van der Waals surface area contributed by atoms with E-state index in [2.05, 4.69) is 31.3 Å². The van der Waals surface area contributed by atoms with Gasteiger partial charge in [0.2, 0.25) is 0 Å². The Morgan fingerprint density at radius 2 is 1.90 bits per heavy atom. The molecule has 0 unspecified atom stereocenters. The van der Waals surface area contributed by atoms with Gasteiger partial charge in [-0.1, -0.05) is 13.0 Å². The molecule has 7 heteroatoms. The van der Waals surface area contributed by atoms with Gasteiger partial charge in [0.1, 0.15) is 11.6 Å². The number of hydrogen-bond donors (Lipinski definition) is 1. The summed E-state index contributed by atoms with van der Waals surface area (Å²) in [4.78, 5) is 5.08. The molecule has 1 aliphatic carbocycles. The number of methoxy groups -OCH3 is 3. The number of hydrogen-bond acceptors (Lipinski definition) is 6. The van der Waals surface area contributed by atoms with Gasteiger partial charge in [-0.15, -0.1) is 0 Å². The molecule has 0 aliphatic heterocycles. The van der Waals surface area contributed by atoms with Crippen molar-refractivity contribution in [2.75, 3.05) is 26.6 Å². The van der Waals surface area contributed by atoms with Crippen LogP contribution in [0, 0.1) is 13.8 Å². The topological polar surface area (TPSA) is 69.9 Å². The predicted molar refractivity (Wildman–Crippen MR) is 122 cm³/mol. The third kappa shape index (κ3) is 3.77. The molecule has 1 N–H and O–H groups in total. The van der Waals surface area contributed by atoms with E-state index in [-0.39, 0.29) is 12.3 Å². The molecule has 7 nitrogen and oxygen atoms in total. The smallest absolute Gasteiger partial charge is 0.176 e. The first-order chi connectivity index (χ1) is 15.0. The highest BCUT2D eigenvalue weighted by Gasteiger charge is 2.28. The number of aromatic nitrogens is 3. The molecule has 3 aromatic rings. The quantitative estimate of drug-likeness (QED) is 0.543. The first-order valence-electron chi connectivity index (χ1n) is 10.9. The molecule has 31 heavy (non-hydrogen) atoms. The zero-order valence-electron chi connectivity index (χ0n) is 19.3. The van der Waals surface area contributed by atoms with Gasteiger partial charge < -0.3 is 19.5 Å². The monoisotopic (exact) mass is 424 g/mol. The third-order valence-corrected chi connectivity index (χ3v) is 6.22. The van der Waals surface area contributed by atoms with Crippen molar-refractivity contribution < 1.29 is 14.2 Å². The number of rotatable bonds is 8. The maximum absolute atomic E-state index is 5.55. The summed E-state index contributed by atoms with van der Waals surface area (Å²) in [5.74, 6) is 1.85. The number of benzene rings is 1. The van der Waals surface area contributed by atoms with Crippen LogP contribution in [0.5, 0.6) is 5.75 Å². The van der Waals surface area contributed by atoms with Gasteiger partial charge in [0.05, 0.1) is 18.8 Å². The Labute approximate surface area is 183 Å². The second-order valence-corrected chi connectivity index (χ2v) is 8.11. The molecule has 1 aromatic carbocycles. The summed E-state index contributed by atoms with van der Waals surface area (Å²) < 4.78 is 18.5. The van der Waals surface area contributed by atoms with Gasteiger partial charge in [0.15, 0.2) is 11.9 Å². The first-order valence-corrected chi connectivity index (χ1v) is 10.9. The lowest BCUT2D eigenvalue weighted by Crippen LogP contribution is -2.37. The Bertz CT molecular complexity index is 1090. The third-order valence-electron chi connectivity index (χ3n) is 6.22. The van der Waals surface area contributed by atoms with Crippen LogP contribution in [-0.4, -0.2) is 48.3 Å². The lowest BCUT2D eigenvalue weighted by atomic mass is 10.0.